The zero-order valence-corrected chi connectivity index (χ0v) is 7.98. The van der Waals surface area contributed by atoms with Crippen LogP contribution in [0, 0.1) is 13.7 Å². The Hall–Kier alpha value is -1.05. The zero-order valence-electron chi connectivity index (χ0n) is 5.82. The van der Waals surface area contributed by atoms with Gasteiger partial charge in [0.1, 0.15) is 0 Å². The number of phenols is 1. The molecule has 0 unspecified atom stereocenters. The molecule has 0 aromatic heterocycles. The molecule has 0 heterocycles. The van der Waals surface area contributed by atoms with Gasteiger partial charge in [0, 0.05) is 9.64 Å². The van der Waals surface area contributed by atoms with Crippen molar-refractivity contribution in [2.75, 3.05) is 5.73 Å². The van der Waals surface area contributed by atoms with Gasteiger partial charge >= 0.3 is 5.69 Å². The third kappa shape index (κ3) is 1.42. The molecular weight excluding hydrogens is 275 g/mol. The van der Waals surface area contributed by atoms with Crippen LogP contribution in [0.1, 0.15) is 0 Å². The molecule has 3 N–H and O–H groups in total. The largest absolute Gasteiger partial charge is 0.501 e. The summed E-state index contributed by atoms with van der Waals surface area (Å²) in [4.78, 5) is 9.59. The number of nitro groups is 1. The number of benzene rings is 1. The molecule has 0 amide bonds. The molecule has 0 spiro atoms. The second-order valence-electron chi connectivity index (χ2n) is 2.09. The lowest BCUT2D eigenvalue weighted by Gasteiger charge is -2.00. The van der Waals surface area contributed by atoms with Crippen LogP contribution in [0.5, 0.6) is 5.75 Å². The number of halogens is 1. The molecule has 5 nitrogen and oxygen atoms in total. The van der Waals surface area contributed by atoms with Gasteiger partial charge in [0.25, 0.3) is 0 Å². The number of aromatic hydroxyl groups is 1. The van der Waals surface area contributed by atoms with E-state index in [0.29, 0.717) is 3.57 Å². The van der Waals surface area contributed by atoms with Gasteiger partial charge in [0.15, 0.2) is 0 Å². The first kappa shape index (κ1) is 9.04. The van der Waals surface area contributed by atoms with Crippen molar-refractivity contribution in [3.8, 4) is 5.75 Å². The predicted molar refractivity (Wildman–Crippen MR) is 51.9 cm³/mol. The number of nitro benzene ring substituents is 1. The van der Waals surface area contributed by atoms with Crippen LogP contribution in [0.3, 0.4) is 0 Å². The van der Waals surface area contributed by atoms with E-state index in [1.807, 2.05) is 22.6 Å². The third-order valence-corrected chi connectivity index (χ3v) is 2.28. The molecule has 0 saturated heterocycles. The van der Waals surface area contributed by atoms with Crippen LogP contribution < -0.4 is 5.73 Å². The summed E-state index contributed by atoms with van der Waals surface area (Å²) in [6.07, 6.45) is 0. The van der Waals surface area contributed by atoms with Gasteiger partial charge < -0.3 is 10.8 Å². The summed E-state index contributed by atoms with van der Waals surface area (Å²) >= 11 is 1.88. The molecule has 1 aromatic rings. The van der Waals surface area contributed by atoms with Crippen molar-refractivity contribution in [2.45, 2.75) is 0 Å². The van der Waals surface area contributed by atoms with E-state index >= 15 is 0 Å². The molecule has 0 aliphatic rings. The average Bonchev–Trinajstić information content (AvgIpc) is 2.00. The highest BCUT2D eigenvalue weighted by atomic mass is 127. The van der Waals surface area contributed by atoms with E-state index in [0.717, 1.165) is 0 Å². The zero-order chi connectivity index (χ0) is 9.30. The molecule has 0 saturated carbocycles. The van der Waals surface area contributed by atoms with Crippen molar-refractivity contribution >= 4 is 34.0 Å². The maximum Gasteiger partial charge on any atom is 0.312 e. The van der Waals surface area contributed by atoms with Gasteiger partial charge in [-0.1, -0.05) is 0 Å². The van der Waals surface area contributed by atoms with Crippen LogP contribution in [-0.4, -0.2) is 10.0 Å². The van der Waals surface area contributed by atoms with E-state index in [1.54, 1.807) is 0 Å². The summed E-state index contributed by atoms with van der Waals surface area (Å²) in [6, 6.07) is 2.70. The number of anilines is 1. The highest BCUT2D eigenvalue weighted by Crippen LogP contribution is 2.34. The van der Waals surface area contributed by atoms with Crippen LogP contribution >= 0.6 is 22.6 Å². The fourth-order valence-electron chi connectivity index (χ4n) is 0.719. The molecule has 0 aliphatic heterocycles. The number of nitrogen functional groups attached to an aromatic ring is 1. The smallest absolute Gasteiger partial charge is 0.312 e. The van der Waals surface area contributed by atoms with Gasteiger partial charge in [-0.2, -0.15) is 0 Å². The third-order valence-electron chi connectivity index (χ3n) is 1.34. The van der Waals surface area contributed by atoms with Crippen molar-refractivity contribution in [3.63, 3.8) is 0 Å². The van der Waals surface area contributed by atoms with Gasteiger partial charge in [0.2, 0.25) is 5.75 Å². The average molecular weight is 280 g/mol. The number of hydrogen-bond acceptors (Lipinski definition) is 4. The maximum atomic E-state index is 10.3. The second kappa shape index (κ2) is 3.13. The molecule has 6 heteroatoms. The quantitative estimate of drug-likeness (QED) is 0.268. The first-order valence-corrected chi connectivity index (χ1v) is 4.03. The van der Waals surface area contributed by atoms with E-state index in [2.05, 4.69) is 0 Å². The summed E-state index contributed by atoms with van der Waals surface area (Å²) in [6.45, 7) is 0. The Bertz CT molecular complexity index is 340. The molecule has 0 aliphatic carbocycles. The highest BCUT2D eigenvalue weighted by molar-refractivity contribution is 14.1. The number of nitrogens with two attached hydrogens (primary N) is 1. The van der Waals surface area contributed by atoms with Gasteiger partial charge in [-0.25, -0.2) is 0 Å². The van der Waals surface area contributed by atoms with E-state index in [1.165, 1.54) is 12.1 Å². The molecule has 64 valence electrons. The Morgan fingerprint density at radius 2 is 2.17 bits per heavy atom. The Labute approximate surface area is 81.5 Å². The van der Waals surface area contributed by atoms with Crippen LogP contribution in [-0.2, 0) is 0 Å². The van der Waals surface area contributed by atoms with E-state index in [-0.39, 0.29) is 11.4 Å². The molecule has 0 fully saturated rings. The predicted octanol–water partition coefficient (Wildman–Crippen LogP) is 1.49. The van der Waals surface area contributed by atoms with Crippen molar-refractivity contribution in [2.24, 2.45) is 0 Å². The first-order chi connectivity index (χ1) is 5.54. The Morgan fingerprint density at radius 1 is 1.58 bits per heavy atom. The lowest BCUT2D eigenvalue weighted by Crippen LogP contribution is -1.94. The minimum atomic E-state index is -0.679. The summed E-state index contributed by atoms with van der Waals surface area (Å²) in [5.74, 6) is -0.466. The summed E-state index contributed by atoms with van der Waals surface area (Å²) in [5, 5.41) is 19.5. The molecule has 0 bridgehead atoms. The maximum absolute atomic E-state index is 10.3. The monoisotopic (exact) mass is 280 g/mol. The first-order valence-electron chi connectivity index (χ1n) is 2.95. The van der Waals surface area contributed by atoms with Crippen molar-refractivity contribution in [1.82, 2.24) is 0 Å². The molecule has 1 rings (SSSR count). The van der Waals surface area contributed by atoms with E-state index in [4.69, 9.17) is 5.73 Å². The summed E-state index contributed by atoms with van der Waals surface area (Å²) in [5.41, 5.74) is 5.04. The fraction of sp³-hybridized carbons (Fsp3) is 0. The van der Waals surface area contributed by atoms with Crippen LogP contribution in [0.2, 0.25) is 0 Å². The van der Waals surface area contributed by atoms with Crippen LogP contribution in [0.15, 0.2) is 12.1 Å². The minimum absolute atomic E-state index is 0.0461. The standard InChI is InChI=1S/C6H5IN2O3/c7-3-1-2-4(9(11)12)6(10)5(3)8/h1-2,10H,8H2. The lowest BCUT2D eigenvalue weighted by atomic mass is 10.2. The minimum Gasteiger partial charge on any atom is -0.501 e. The number of nitrogens with zero attached hydrogens (tertiary/aromatic N) is 1. The second-order valence-corrected chi connectivity index (χ2v) is 3.25. The molecule has 0 atom stereocenters. The topological polar surface area (TPSA) is 89.4 Å². The number of phenolic OH excluding ortho intramolecular Hbond substituents is 1. The Balaban J connectivity index is 3.36. The van der Waals surface area contributed by atoms with Gasteiger partial charge in [-0.3, -0.25) is 10.1 Å². The summed E-state index contributed by atoms with van der Waals surface area (Å²) < 4.78 is 0.593. The van der Waals surface area contributed by atoms with Gasteiger partial charge in [0.05, 0.1) is 10.6 Å². The van der Waals surface area contributed by atoms with Gasteiger partial charge in [-0.05, 0) is 28.7 Å². The molecule has 0 radical (unpaired) electrons. The number of rotatable bonds is 1. The molecule has 12 heavy (non-hydrogen) atoms. The van der Waals surface area contributed by atoms with Crippen molar-refractivity contribution in [3.05, 3.63) is 25.8 Å². The van der Waals surface area contributed by atoms with E-state index < -0.39 is 10.7 Å². The van der Waals surface area contributed by atoms with Gasteiger partial charge in [-0.15, -0.1) is 0 Å². The lowest BCUT2D eigenvalue weighted by molar-refractivity contribution is -0.385. The van der Waals surface area contributed by atoms with Crippen molar-refractivity contribution < 1.29 is 10.0 Å². The van der Waals surface area contributed by atoms with E-state index in [9.17, 15) is 15.2 Å². The molecule has 1 aromatic carbocycles. The van der Waals surface area contributed by atoms with Crippen LogP contribution in [0.25, 0.3) is 0 Å². The Morgan fingerprint density at radius 3 is 2.67 bits per heavy atom. The normalized spacial score (nSPS) is 9.75. The fourth-order valence-corrected chi connectivity index (χ4v) is 1.15. The molecular formula is C6H5IN2O3. The van der Waals surface area contributed by atoms with Crippen molar-refractivity contribution in [1.29, 1.82) is 0 Å². The SMILES string of the molecule is Nc1c(I)ccc([N+](=O)[O-])c1O. The summed E-state index contributed by atoms with van der Waals surface area (Å²) in [7, 11) is 0. The van der Waals surface area contributed by atoms with Crippen LogP contribution in [0.4, 0.5) is 11.4 Å². The number of hydrogen-bond donors (Lipinski definition) is 2. The highest BCUT2D eigenvalue weighted by Gasteiger charge is 2.16. The Kier molecular flexibility index (Phi) is 2.36.